The second-order valence-electron chi connectivity index (χ2n) is 4.76. The number of methoxy groups -OCH3 is 4. The molecule has 0 radical (unpaired) electrons. The standard InChI is InChI=1S/C14H29O8P/c1-7-19-23(20-8-2)22-14-13(18-6)12(17-5)11(16-4)10(21-14)9-15-3/h10-14H,7-9H2,1-6H3/t10-,11-,12+,13-,14+/m1/s1. The lowest BCUT2D eigenvalue weighted by molar-refractivity contribution is -0.294. The summed E-state index contributed by atoms with van der Waals surface area (Å²) in [4.78, 5) is 0. The Balaban J connectivity index is 2.89. The van der Waals surface area contributed by atoms with Crippen molar-refractivity contribution in [2.45, 2.75) is 44.6 Å². The molecule has 23 heavy (non-hydrogen) atoms. The highest BCUT2D eigenvalue weighted by Gasteiger charge is 2.48. The molecule has 0 unspecified atom stereocenters. The van der Waals surface area contributed by atoms with Gasteiger partial charge in [0.2, 0.25) is 0 Å². The molecule has 138 valence electrons. The van der Waals surface area contributed by atoms with Crippen molar-refractivity contribution in [3.8, 4) is 0 Å². The van der Waals surface area contributed by atoms with Gasteiger partial charge in [-0.1, -0.05) is 0 Å². The smallest absolute Gasteiger partial charge is 0.335 e. The molecule has 0 spiro atoms. The molecule has 5 atom stereocenters. The lowest BCUT2D eigenvalue weighted by atomic mass is 9.98. The first kappa shape index (κ1) is 21.2. The molecule has 1 aliphatic rings. The van der Waals surface area contributed by atoms with Crippen molar-refractivity contribution in [2.24, 2.45) is 0 Å². The maximum absolute atomic E-state index is 5.97. The molecule has 0 aliphatic carbocycles. The van der Waals surface area contributed by atoms with E-state index in [0.29, 0.717) is 19.8 Å². The van der Waals surface area contributed by atoms with E-state index in [2.05, 4.69) is 0 Å². The summed E-state index contributed by atoms with van der Waals surface area (Å²) < 4.78 is 44.6. The Kier molecular flexibility index (Phi) is 10.7. The summed E-state index contributed by atoms with van der Waals surface area (Å²) in [6.45, 7) is 5.05. The van der Waals surface area contributed by atoms with Gasteiger partial charge < -0.3 is 32.7 Å². The topological polar surface area (TPSA) is 73.8 Å². The first-order chi connectivity index (χ1) is 11.2. The molecule has 9 heteroatoms. The van der Waals surface area contributed by atoms with Crippen molar-refractivity contribution < 1.29 is 37.3 Å². The van der Waals surface area contributed by atoms with Crippen LogP contribution in [0.5, 0.6) is 0 Å². The minimum Gasteiger partial charge on any atom is -0.382 e. The van der Waals surface area contributed by atoms with Gasteiger partial charge in [0.25, 0.3) is 0 Å². The fourth-order valence-electron chi connectivity index (χ4n) is 2.46. The van der Waals surface area contributed by atoms with Crippen LogP contribution in [0.2, 0.25) is 0 Å². The first-order valence-corrected chi connectivity index (χ1v) is 8.71. The molecule has 1 aliphatic heterocycles. The van der Waals surface area contributed by atoms with Gasteiger partial charge in [0.1, 0.15) is 24.4 Å². The van der Waals surface area contributed by atoms with Crippen molar-refractivity contribution in [1.82, 2.24) is 0 Å². The summed E-state index contributed by atoms with van der Waals surface area (Å²) in [5.74, 6) is 0. The number of rotatable bonds is 11. The van der Waals surface area contributed by atoms with Crippen LogP contribution in [-0.2, 0) is 37.3 Å². The Morgan fingerprint density at radius 1 is 0.826 bits per heavy atom. The molecule has 1 heterocycles. The lowest BCUT2D eigenvalue weighted by Gasteiger charge is -2.44. The Labute approximate surface area is 139 Å². The Hall–Kier alpha value is 0.110. The van der Waals surface area contributed by atoms with Gasteiger partial charge in [-0.3, -0.25) is 4.52 Å². The van der Waals surface area contributed by atoms with Crippen LogP contribution in [0.1, 0.15) is 13.8 Å². The van der Waals surface area contributed by atoms with E-state index < -0.39 is 21.0 Å². The summed E-state index contributed by atoms with van der Waals surface area (Å²) in [5.41, 5.74) is 0. The molecule has 0 N–H and O–H groups in total. The zero-order valence-corrected chi connectivity index (χ0v) is 15.6. The summed E-state index contributed by atoms with van der Waals surface area (Å²) in [6, 6.07) is 0. The normalized spacial score (nSPS) is 31.7. The van der Waals surface area contributed by atoms with E-state index in [4.69, 9.17) is 37.3 Å². The second-order valence-corrected chi connectivity index (χ2v) is 5.94. The quantitative estimate of drug-likeness (QED) is 0.518. The SMILES string of the molecule is CCOP(OCC)O[C@@H]1O[C@H](COC)[C@@H](OC)[C@H](OC)[C@H]1OC. The van der Waals surface area contributed by atoms with Crippen LogP contribution >= 0.6 is 8.60 Å². The van der Waals surface area contributed by atoms with Crippen LogP contribution in [0.25, 0.3) is 0 Å². The summed E-state index contributed by atoms with van der Waals surface area (Å²) in [6.07, 6.45) is -2.25. The molecule has 1 rings (SSSR count). The Morgan fingerprint density at radius 2 is 1.39 bits per heavy atom. The summed E-state index contributed by atoms with van der Waals surface area (Å²) in [5, 5.41) is 0. The molecular weight excluding hydrogens is 327 g/mol. The van der Waals surface area contributed by atoms with Crippen LogP contribution < -0.4 is 0 Å². The molecule has 0 amide bonds. The second kappa shape index (κ2) is 11.6. The number of hydrogen-bond donors (Lipinski definition) is 0. The highest BCUT2D eigenvalue weighted by atomic mass is 31.2. The van der Waals surface area contributed by atoms with Gasteiger partial charge in [0, 0.05) is 28.4 Å². The van der Waals surface area contributed by atoms with Gasteiger partial charge in [0.05, 0.1) is 19.8 Å². The van der Waals surface area contributed by atoms with Gasteiger partial charge in [0.15, 0.2) is 6.29 Å². The molecule has 1 fully saturated rings. The van der Waals surface area contributed by atoms with Crippen molar-refractivity contribution >= 4 is 8.60 Å². The molecule has 0 aromatic carbocycles. The fraction of sp³-hybridized carbons (Fsp3) is 1.00. The van der Waals surface area contributed by atoms with Gasteiger partial charge in [-0.2, -0.15) is 0 Å². The van der Waals surface area contributed by atoms with E-state index in [1.165, 1.54) is 0 Å². The number of ether oxygens (including phenoxy) is 5. The van der Waals surface area contributed by atoms with Crippen molar-refractivity contribution in [2.75, 3.05) is 48.3 Å². The predicted molar refractivity (Wildman–Crippen MR) is 84.2 cm³/mol. The Bertz CT molecular complexity index is 301. The van der Waals surface area contributed by atoms with Gasteiger partial charge >= 0.3 is 8.60 Å². The average molecular weight is 356 g/mol. The minimum absolute atomic E-state index is 0.338. The third kappa shape index (κ3) is 5.85. The predicted octanol–water partition coefficient (Wildman–Crippen LogP) is 1.72. The van der Waals surface area contributed by atoms with Crippen molar-refractivity contribution in [3.05, 3.63) is 0 Å². The van der Waals surface area contributed by atoms with Crippen LogP contribution in [-0.4, -0.2) is 79.0 Å². The maximum Gasteiger partial charge on any atom is 0.335 e. The molecular formula is C14H29O8P. The van der Waals surface area contributed by atoms with E-state index in [9.17, 15) is 0 Å². The van der Waals surface area contributed by atoms with E-state index in [1.54, 1.807) is 28.4 Å². The largest absolute Gasteiger partial charge is 0.382 e. The molecule has 0 aromatic heterocycles. The highest BCUT2D eigenvalue weighted by Crippen LogP contribution is 2.43. The van der Waals surface area contributed by atoms with Crippen LogP contribution in [0.15, 0.2) is 0 Å². The van der Waals surface area contributed by atoms with Crippen LogP contribution in [0.4, 0.5) is 0 Å². The minimum atomic E-state index is -1.53. The monoisotopic (exact) mass is 356 g/mol. The highest BCUT2D eigenvalue weighted by molar-refractivity contribution is 7.41. The van der Waals surface area contributed by atoms with Crippen molar-refractivity contribution in [3.63, 3.8) is 0 Å². The van der Waals surface area contributed by atoms with Gasteiger partial charge in [-0.05, 0) is 13.8 Å². The van der Waals surface area contributed by atoms with Gasteiger partial charge in [-0.25, -0.2) is 0 Å². The van der Waals surface area contributed by atoms with E-state index in [1.807, 2.05) is 13.8 Å². The lowest BCUT2D eigenvalue weighted by Crippen LogP contribution is -2.60. The molecule has 0 aromatic rings. The van der Waals surface area contributed by atoms with Crippen LogP contribution in [0, 0.1) is 0 Å². The molecule has 8 nitrogen and oxygen atoms in total. The maximum atomic E-state index is 5.97. The van der Waals surface area contributed by atoms with Gasteiger partial charge in [-0.15, -0.1) is 0 Å². The summed E-state index contributed by atoms with van der Waals surface area (Å²) in [7, 11) is 4.85. The fourth-order valence-corrected chi connectivity index (χ4v) is 3.41. The van der Waals surface area contributed by atoms with Crippen LogP contribution in [0.3, 0.4) is 0 Å². The zero-order chi connectivity index (χ0) is 17.2. The molecule has 1 saturated heterocycles. The molecule has 0 saturated carbocycles. The van der Waals surface area contributed by atoms with E-state index in [-0.39, 0.29) is 18.3 Å². The van der Waals surface area contributed by atoms with Crippen molar-refractivity contribution in [1.29, 1.82) is 0 Å². The average Bonchev–Trinajstić information content (AvgIpc) is 2.55. The zero-order valence-electron chi connectivity index (χ0n) is 14.7. The number of hydrogen-bond acceptors (Lipinski definition) is 8. The summed E-state index contributed by atoms with van der Waals surface area (Å²) >= 11 is 0. The third-order valence-electron chi connectivity index (χ3n) is 3.40. The third-order valence-corrected chi connectivity index (χ3v) is 4.72. The molecule has 0 bridgehead atoms. The van der Waals surface area contributed by atoms with E-state index in [0.717, 1.165) is 0 Å². The van der Waals surface area contributed by atoms with E-state index >= 15 is 0 Å². The first-order valence-electron chi connectivity index (χ1n) is 7.62. The Morgan fingerprint density at radius 3 is 1.83 bits per heavy atom.